The highest BCUT2D eigenvalue weighted by Gasteiger charge is 2.12. The second-order valence-corrected chi connectivity index (χ2v) is 4.41. The largest absolute Gasteiger partial charge is 0.504 e. The third-order valence-electron chi connectivity index (χ3n) is 2.59. The van der Waals surface area contributed by atoms with Crippen molar-refractivity contribution in [1.82, 2.24) is 0 Å². The average molecular weight is 236 g/mol. The van der Waals surface area contributed by atoms with Crippen LogP contribution in [0.5, 0.6) is 11.5 Å². The lowest BCUT2D eigenvalue weighted by Crippen LogP contribution is -2.05. The van der Waals surface area contributed by atoms with Gasteiger partial charge in [-0.15, -0.1) is 0 Å². The van der Waals surface area contributed by atoms with Crippen molar-refractivity contribution in [2.75, 3.05) is 6.61 Å². The molecule has 94 valence electrons. The van der Waals surface area contributed by atoms with Gasteiger partial charge in [0, 0.05) is 6.42 Å². The number of carbonyl (C=O) groups is 1. The number of carbonyl (C=O) groups excluding carboxylic acids is 1. The van der Waals surface area contributed by atoms with Crippen molar-refractivity contribution >= 4 is 5.78 Å². The lowest BCUT2D eigenvalue weighted by molar-refractivity contribution is -0.117. The molecule has 0 heterocycles. The van der Waals surface area contributed by atoms with Crippen molar-refractivity contribution in [1.29, 1.82) is 0 Å². The Morgan fingerprint density at radius 1 is 1.47 bits per heavy atom. The van der Waals surface area contributed by atoms with Gasteiger partial charge in [0.15, 0.2) is 11.5 Å². The van der Waals surface area contributed by atoms with Gasteiger partial charge in [-0.25, -0.2) is 0 Å². The van der Waals surface area contributed by atoms with Crippen LogP contribution in [0.25, 0.3) is 0 Å². The molecule has 0 radical (unpaired) electrons. The van der Waals surface area contributed by atoms with Crippen LogP contribution < -0.4 is 4.74 Å². The first kappa shape index (κ1) is 13.6. The Morgan fingerprint density at radius 3 is 2.76 bits per heavy atom. The first-order valence-electron chi connectivity index (χ1n) is 5.97. The minimum atomic E-state index is 0.179. The highest BCUT2D eigenvalue weighted by Crippen LogP contribution is 2.31. The molecule has 1 unspecified atom stereocenters. The van der Waals surface area contributed by atoms with Gasteiger partial charge in [0.25, 0.3) is 0 Å². The number of hydrogen-bond acceptors (Lipinski definition) is 3. The zero-order valence-corrected chi connectivity index (χ0v) is 10.7. The Balaban J connectivity index is 2.77. The zero-order chi connectivity index (χ0) is 12.8. The molecule has 1 atom stereocenters. The molecule has 0 aliphatic heterocycles. The van der Waals surface area contributed by atoms with Crippen molar-refractivity contribution in [2.45, 2.75) is 33.6 Å². The van der Waals surface area contributed by atoms with Gasteiger partial charge in [0.1, 0.15) is 5.78 Å². The second kappa shape index (κ2) is 6.28. The Morgan fingerprint density at radius 2 is 2.18 bits per heavy atom. The molecule has 0 aromatic heterocycles. The number of ketones is 1. The van der Waals surface area contributed by atoms with E-state index in [-0.39, 0.29) is 17.5 Å². The summed E-state index contributed by atoms with van der Waals surface area (Å²) in [7, 11) is 0. The van der Waals surface area contributed by atoms with Crippen LogP contribution in [0.2, 0.25) is 0 Å². The zero-order valence-electron chi connectivity index (χ0n) is 10.7. The van der Waals surface area contributed by atoms with Gasteiger partial charge >= 0.3 is 0 Å². The smallest absolute Gasteiger partial charge is 0.161 e. The van der Waals surface area contributed by atoms with Gasteiger partial charge in [-0.3, -0.25) is 0 Å². The maximum Gasteiger partial charge on any atom is 0.161 e. The number of ether oxygens (including phenoxy) is 1. The number of hydrogen-bond donors (Lipinski definition) is 1. The Hall–Kier alpha value is -1.51. The number of para-hydroxylation sites is 1. The third kappa shape index (κ3) is 4.10. The van der Waals surface area contributed by atoms with E-state index in [9.17, 15) is 9.90 Å². The van der Waals surface area contributed by atoms with Crippen molar-refractivity contribution in [3.05, 3.63) is 23.8 Å². The molecule has 0 spiro atoms. The van der Waals surface area contributed by atoms with E-state index < -0.39 is 0 Å². The predicted octanol–water partition coefficient (Wildman–Crippen LogP) is 2.95. The lowest BCUT2D eigenvalue weighted by Gasteiger charge is -2.13. The molecule has 3 heteroatoms. The molecule has 0 fully saturated rings. The third-order valence-corrected chi connectivity index (χ3v) is 2.59. The first-order chi connectivity index (χ1) is 8.04. The highest BCUT2D eigenvalue weighted by atomic mass is 16.5. The quantitative estimate of drug-likeness (QED) is 0.826. The molecule has 0 aliphatic rings. The summed E-state index contributed by atoms with van der Waals surface area (Å²) < 4.78 is 5.32. The summed E-state index contributed by atoms with van der Waals surface area (Å²) in [5, 5.41) is 9.99. The summed E-state index contributed by atoms with van der Waals surface area (Å²) in [5.74, 6) is 1.12. The molecular weight excluding hydrogens is 216 g/mol. The summed E-state index contributed by atoms with van der Waals surface area (Å²) in [6, 6.07) is 5.48. The van der Waals surface area contributed by atoms with Crippen LogP contribution in [-0.4, -0.2) is 17.5 Å². The molecule has 1 aromatic rings. The minimum absolute atomic E-state index is 0.179. The van der Waals surface area contributed by atoms with E-state index >= 15 is 0 Å². The average Bonchev–Trinajstić information content (AvgIpc) is 2.23. The maximum atomic E-state index is 11.0. The van der Waals surface area contributed by atoms with Crippen LogP contribution in [0.4, 0.5) is 0 Å². The molecule has 0 amide bonds. The van der Waals surface area contributed by atoms with E-state index in [0.29, 0.717) is 25.2 Å². The summed E-state index contributed by atoms with van der Waals surface area (Å²) >= 11 is 0. The fraction of sp³-hybridized carbons (Fsp3) is 0.500. The summed E-state index contributed by atoms with van der Waals surface area (Å²) in [6.07, 6.45) is 1.23. The van der Waals surface area contributed by atoms with E-state index in [2.05, 4.69) is 0 Å². The van der Waals surface area contributed by atoms with Crippen molar-refractivity contribution in [3.63, 3.8) is 0 Å². The number of Topliss-reactive ketones (excluding diaryl/α,β-unsaturated/α-hetero) is 1. The van der Waals surface area contributed by atoms with E-state index in [0.717, 1.165) is 5.56 Å². The van der Waals surface area contributed by atoms with E-state index in [1.54, 1.807) is 13.0 Å². The van der Waals surface area contributed by atoms with Crippen molar-refractivity contribution < 1.29 is 14.6 Å². The fourth-order valence-corrected chi connectivity index (χ4v) is 1.94. The molecule has 0 bridgehead atoms. The SMILES string of the molecule is CCOc1cccc(CC(C)CC(C)=O)c1O. The topological polar surface area (TPSA) is 46.5 Å². The summed E-state index contributed by atoms with van der Waals surface area (Å²) in [5.41, 5.74) is 0.838. The number of benzene rings is 1. The van der Waals surface area contributed by atoms with E-state index in [1.165, 1.54) is 0 Å². The van der Waals surface area contributed by atoms with Crippen LogP contribution in [-0.2, 0) is 11.2 Å². The summed E-state index contributed by atoms with van der Waals surface area (Å²) in [4.78, 5) is 11.0. The fourth-order valence-electron chi connectivity index (χ4n) is 1.94. The predicted molar refractivity (Wildman–Crippen MR) is 67.4 cm³/mol. The van der Waals surface area contributed by atoms with Crippen LogP contribution in [0, 0.1) is 5.92 Å². The molecule has 1 N–H and O–H groups in total. The van der Waals surface area contributed by atoms with Crippen molar-refractivity contribution in [2.24, 2.45) is 5.92 Å². The van der Waals surface area contributed by atoms with Gasteiger partial charge in [-0.2, -0.15) is 0 Å². The van der Waals surface area contributed by atoms with E-state index in [4.69, 9.17) is 4.74 Å². The molecule has 1 rings (SSSR count). The Bertz CT molecular complexity index is 385. The molecule has 0 saturated carbocycles. The van der Waals surface area contributed by atoms with Gasteiger partial charge in [-0.05, 0) is 37.8 Å². The number of phenolic OH excluding ortho intramolecular Hbond substituents is 1. The maximum absolute atomic E-state index is 11.0. The molecule has 0 saturated heterocycles. The number of rotatable bonds is 6. The van der Waals surface area contributed by atoms with Crippen LogP contribution in [0.15, 0.2) is 18.2 Å². The van der Waals surface area contributed by atoms with E-state index in [1.807, 2.05) is 26.0 Å². The van der Waals surface area contributed by atoms with Crippen LogP contribution in [0.1, 0.15) is 32.8 Å². The molecule has 1 aromatic carbocycles. The highest BCUT2D eigenvalue weighted by molar-refractivity contribution is 5.75. The summed E-state index contributed by atoms with van der Waals surface area (Å²) in [6.45, 7) is 6.01. The molecule has 17 heavy (non-hydrogen) atoms. The standard InChI is InChI=1S/C14H20O3/c1-4-17-13-7-5-6-12(14(13)16)9-10(2)8-11(3)15/h5-7,10,16H,4,8-9H2,1-3H3. The van der Waals surface area contributed by atoms with Gasteiger partial charge in [0.2, 0.25) is 0 Å². The minimum Gasteiger partial charge on any atom is -0.504 e. The first-order valence-corrected chi connectivity index (χ1v) is 5.97. The van der Waals surface area contributed by atoms with Gasteiger partial charge in [-0.1, -0.05) is 19.1 Å². The van der Waals surface area contributed by atoms with Gasteiger partial charge < -0.3 is 14.6 Å². The number of phenols is 1. The van der Waals surface area contributed by atoms with Crippen molar-refractivity contribution in [3.8, 4) is 11.5 Å². The van der Waals surface area contributed by atoms with Crippen LogP contribution in [0.3, 0.4) is 0 Å². The van der Waals surface area contributed by atoms with Crippen LogP contribution >= 0.6 is 0 Å². The molecular formula is C14H20O3. The Labute approximate surface area is 102 Å². The van der Waals surface area contributed by atoms with Gasteiger partial charge in [0.05, 0.1) is 6.61 Å². The molecule has 3 nitrogen and oxygen atoms in total. The normalized spacial score (nSPS) is 12.2. The number of aromatic hydroxyl groups is 1. The monoisotopic (exact) mass is 236 g/mol. The second-order valence-electron chi connectivity index (χ2n) is 4.41. The molecule has 0 aliphatic carbocycles. The Kier molecular flexibility index (Phi) is 5.01. The lowest BCUT2D eigenvalue weighted by atomic mass is 9.96.